The van der Waals surface area contributed by atoms with Gasteiger partial charge in [0.15, 0.2) is 5.96 Å². The van der Waals surface area contributed by atoms with Crippen molar-refractivity contribution in [1.82, 2.24) is 15.2 Å². The lowest BCUT2D eigenvalue weighted by Crippen LogP contribution is -2.41. The number of rotatable bonds is 3. The number of guanidine groups is 1. The van der Waals surface area contributed by atoms with Crippen LogP contribution in [0.15, 0.2) is 23.3 Å². The van der Waals surface area contributed by atoms with Crippen LogP contribution < -0.4 is 10.1 Å². The highest BCUT2D eigenvalue weighted by atomic mass is 16.5. The molecule has 0 aromatic carbocycles. The molecule has 0 amide bonds. The Bertz CT molecular complexity index is 534. The Hall–Kier alpha value is -1.78. The molecule has 5 nitrogen and oxygen atoms in total. The van der Waals surface area contributed by atoms with Crippen LogP contribution in [0.5, 0.6) is 5.88 Å². The van der Waals surface area contributed by atoms with Gasteiger partial charge in [-0.15, -0.1) is 0 Å². The molecule has 1 saturated heterocycles. The Balaban J connectivity index is 1.55. The molecule has 0 bridgehead atoms. The highest BCUT2D eigenvalue weighted by Gasteiger charge is 2.39. The largest absolute Gasteiger partial charge is 0.481 e. The van der Waals surface area contributed by atoms with Crippen LogP contribution in [0.1, 0.15) is 44.1 Å². The lowest BCUT2D eigenvalue weighted by atomic mass is 9.73. The highest BCUT2D eigenvalue weighted by Crippen LogP contribution is 2.43. The summed E-state index contributed by atoms with van der Waals surface area (Å²) in [6, 6.07) is 3.94. The van der Waals surface area contributed by atoms with Crippen LogP contribution >= 0.6 is 0 Å². The number of likely N-dealkylation sites (tertiary alicyclic amines) is 1. The van der Waals surface area contributed by atoms with E-state index in [1.165, 1.54) is 38.5 Å². The molecule has 1 N–H and O–H groups in total. The summed E-state index contributed by atoms with van der Waals surface area (Å²) >= 11 is 0. The number of ether oxygens (including phenoxy) is 1. The van der Waals surface area contributed by atoms with Crippen molar-refractivity contribution in [3.05, 3.63) is 23.9 Å². The first-order valence-corrected chi connectivity index (χ1v) is 8.69. The number of nitrogens with zero attached hydrogens (tertiary/aromatic N) is 3. The summed E-state index contributed by atoms with van der Waals surface area (Å²) in [5.41, 5.74) is 1.69. The van der Waals surface area contributed by atoms with Gasteiger partial charge in [-0.3, -0.25) is 4.99 Å². The van der Waals surface area contributed by atoms with E-state index in [2.05, 4.69) is 20.2 Å². The molecule has 2 aliphatic rings. The van der Waals surface area contributed by atoms with Gasteiger partial charge in [-0.1, -0.05) is 25.3 Å². The van der Waals surface area contributed by atoms with E-state index in [0.29, 0.717) is 11.3 Å². The van der Waals surface area contributed by atoms with Crippen LogP contribution in [0.4, 0.5) is 0 Å². The predicted molar refractivity (Wildman–Crippen MR) is 92.7 cm³/mol. The molecule has 1 aliphatic carbocycles. The molecule has 1 aromatic rings. The summed E-state index contributed by atoms with van der Waals surface area (Å²) < 4.78 is 5.10. The lowest BCUT2D eigenvalue weighted by Gasteiger charge is -2.33. The van der Waals surface area contributed by atoms with Gasteiger partial charge in [0, 0.05) is 38.9 Å². The molecule has 5 heteroatoms. The summed E-state index contributed by atoms with van der Waals surface area (Å²) in [6.07, 6.45) is 10.2. The van der Waals surface area contributed by atoms with Crippen molar-refractivity contribution in [2.24, 2.45) is 10.4 Å². The maximum Gasteiger partial charge on any atom is 0.212 e. The fourth-order valence-electron chi connectivity index (χ4n) is 3.98. The van der Waals surface area contributed by atoms with Gasteiger partial charge in [-0.25, -0.2) is 4.98 Å². The fraction of sp³-hybridized carbons (Fsp3) is 0.667. The zero-order valence-electron chi connectivity index (χ0n) is 14.3. The number of methoxy groups -OCH3 is 1. The van der Waals surface area contributed by atoms with Gasteiger partial charge in [0.25, 0.3) is 0 Å². The number of nitrogens with one attached hydrogen (secondary N) is 1. The third kappa shape index (κ3) is 3.77. The second-order valence-corrected chi connectivity index (χ2v) is 6.84. The molecule has 1 spiro atoms. The zero-order chi connectivity index (χ0) is 16.1. The number of hydrogen-bond donors (Lipinski definition) is 1. The molecular weight excluding hydrogens is 288 g/mol. The minimum atomic E-state index is 0.553. The summed E-state index contributed by atoms with van der Waals surface area (Å²) in [6.45, 7) is 3.03. The Morgan fingerprint density at radius 2 is 2.13 bits per heavy atom. The first-order valence-electron chi connectivity index (χ1n) is 8.69. The van der Waals surface area contributed by atoms with Gasteiger partial charge in [0.05, 0.1) is 7.11 Å². The Morgan fingerprint density at radius 1 is 1.30 bits per heavy atom. The number of hydrogen-bond acceptors (Lipinski definition) is 3. The van der Waals surface area contributed by atoms with Crippen molar-refractivity contribution < 1.29 is 4.74 Å². The molecule has 2 heterocycles. The molecule has 0 atom stereocenters. The lowest BCUT2D eigenvalue weighted by molar-refractivity contribution is 0.203. The molecule has 0 unspecified atom stereocenters. The summed E-state index contributed by atoms with van der Waals surface area (Å²) in [4.78, 5) is 11.2. The SMILES string of the molecule is CN=C(NCc1ccc(OC)nc1)N1CCC2(CCCCC2)C1. The first kappa shape index (κ1) is 16.1. The van der Waals surface area contributed by atoms with Gasteiger partial charge in [-0.2, -0.15) is 0 Å². The average Bonchev–Trinajstić information content (AvgIpc) is 3.00. The normalized spacial score (nSPS) is 20.8. The summed E-state index contributed by atoms with van der Waals surface area (Å²) in [5, 5.41) is 3.48. The number of pyridine rings is 1. The van der Waals surface area contributed by atoms with Gasteiger partial charge in [-0.05, 0) is 30.2 Å². The monoisotopic (exact) mass is 316 g/mol. The third-order valence-electron chi connectivity index (χ3n) is 5.32. The molecule has 2 fully saturated rings. The maximum absolute atomic E-state index is 5.10. The van der Waals surface area contributed by atoms with Gasteiger partial charge < -0.3 is 15.0 Å². The van der Waals surface area contributed by atoms with E-state index >= 15 is 0 Å². The topological polar surface area (TPSA) is 49.8 Å². The second kappa shape index (κ2) is 7.20. The Labute approximate surface area is 139 Å². The Kier molecular flexibility index (Phi) is 5.03. The van der Waals surface area contributed by atoms with Gasteiger partial charge in [0.1, 0.15) is 0 Å². The van der Waals surface area contributed by atoms with E-state index in [1.807, 2.05) is 25.4 Å². The van der Waals surface area contributed by atoms with E-state index < -0.39 is 0 Å². The maximum atomic E-state index is 5.10. The summed E-state index contributed by atoms with van der Waals surface area (Å²) in [7, 11) is 3.51. The van der Waals surface area contributed by atoms with Crippen molar-refractivity contribution in [1.29, 1.82) is 0 Å². The molecule has 126 valence electrons. The standard InChI is InChI=1S/C18H28N4O/c1-19-17(21-13-15-6-7-16(23-2)20-12-15)22-11-10-18(14-22)8-4-3-5-9-18/h6-7,12H,3-5,8-11,13-14H2,1-2H3,(H,19,21). The van der Waals surface area contributed by atoms with Crippen LogP contribution in [0.3, 0.4) is 0 Å². The predicted octanol–water partition coefficient (Wildman–Crippen LogP) is 2.82. The minimum absolute atomic E-state index is 0.553. The van der Waals surface area contributed by atoms with Crippen molar-refractivity contribution in [3.8, 4) is 5.88 Å². The zero-order valence-corrected chi connectivity index (χ0v) is 14.3. The van der Waals surface area contributed by atoms with E-state index in [-0.39, 0.29) is 0 Å². The molecule has 3 rings (SSSR count). The quantitative estimate of drug-likeness (QED) is 0.688. The van der Waals surface area contributed by atoms with Crippen LogP contribution in [-0.4, -0.2) is 43.1 Å². The Morgan fingerprint density at radius 3 is 2.78 bits per heavy atom. The molecule has 1 aliphatic heterocycles. The molecule has 1 saturated carbocycles. The number of aliphatic imine (C=N–C) groups is 1. The van der Waals surface area contributed by atoms with Crippen molar-refractivity contribution >= 4 is 5.96 Å². The minimum Gasteiger partial charge on any atom is -0.481 e. The van der Waals surface area contributed by atoms with Crippen molar-refractivity contribution in [2.75, 3.05) is 27.2 Å². The van der Waals surface area contributed by atoms with E-state index in [9.17, 15) is 0 Å². The highest BCUT2D eigenvalue weighted by molar-refractivity contribution is 5.80. The van der Waals surface area contributed by atoms with Gasteiger partial charge in [0.2, 0.25) is 5.88 Å². The van der Waals surface area contributed by atoms with Gasteiger partial charge >= 0.3 is 0 Å². The number of aromatic nitrogens is 1. The van der Waals surface area contributed by atoms with Crippen molar-refractivity contribution in [3.63, 3.8) is 0 Å². The van der Waals surface area contributed by atoms with E-state index in [4.69, 9.17) is 4.74 Å². The van der Waals surface area contributed by atoms with Crippen LogP contribution in [-0.2, 0) is 6.54 Å². The smallest absolute Gasteiger partial charge is 0.212 e. The summed E-state index contributed by atoms with van der Waals surface area (Å²) in [5.74, 6) is 1.67. The van der Waals surface area contributed by atoms with Crippen LogP contribution in [0.25, 0.3) is 0 Å². The van der Waals surface area contributed by atoms with Crippen LogP contribution in [0.2, 0.25) is 0 Å². The molecule has 1 aromatic heterocycles. The molecule has 0 radical (unpaired) electrons. The van der Waals surface area contributed by atoms with E-state index in [1.54, 1.807) is 7.11 Å². The molecule has 23 heavy (non-hydrogen) atoms. The first-order chi connectivity index (χ1) is 11.2. The average molecular weight is 316 g/mol. The van der Waals surface area contributed by atoms with Crippen LogP contribution in [0, 0.1) is 5.41 Å². The third-order valence-corrected chi connectivity index (χ3v) is 5.32. The van der Waals surface area contributed by atoms with E-state index in [0.717, 1.165) is 31.2 Å². The van der Waals surface area contributed by atoms with Crippen molar-refractivity contribution in [2.45, 2.75) is 45.1 Å². The second-order valence-electron chi connectivity index (χ2n) is 6.84. The fourth-order valence-corrected chi connectivity index (χ4v) is 3.98. The molecular formula is C18H28N4O.